The molecule has 2 rings (SSSR count). The van der Waals surface area contributed by atoms with Gasteiger partial charge in [-0.15, -0.1) is 24.0 Å². The van der Waals surface area contributed by atoms with E-state index in [9.17, 15) is 4.79 Å². The Balaban J connectivity index is 0.00000338. The molecule has 148 valence electrons. The summed E-state index contributed by atoms with van der Waals surface area (Å²) < 4.78 is 12.1. The molecule has 0 aromatic carbocycles. The normalized spacial score (nSPS) is 15.4. The number of aryl methyl sites for hydroxylation is 2. The maximum Gasteiger partial charge on any atom is 0.409 e. The molecule has 1 fully saturated rings. The van der Waals surface area contributed by atoms with Gasteiger partial charge in [-0.3, -0.25) is 0 Å². The summed E-state index contributed by atoms with van der Waals surface area (Å²) in [5.74, 6) is 1.08. The van der Waals surface area contributed by atoms with Crippen molar-refractivity contribution in [3.8, 4) is 5.88 Å². The largest absolute Gasteiger partial charge is 0.481 e. The predicted molar refractivity (Wildman–Crippen MR) is 110 cm³/mol. The molecule has 9 nitrogen and oxygen atoms in total. The molecular formula is C16H29IN6O3. The van der Waals surface area contributed by atoms with E-state index in [2.05, 4.69) is 15.4 Å². The maximum atomic E-state index is 11.7. The minimum atomic E-state index is -0.248. The van der Waals surface area contributed by atoms with Crippen molar-refractivity contribution in [1.29, 1.82) is 0 Å². The van der Waals surface area contributed by atoms with E-state index >= 15 is 0 Å². The van der Waals surface area contributed by atoms with E-state index in [4.69, 9.17) is 15.2 Å². The Hall–Kier alpha value is -1.72. The van der Waals surface area contributed by atoms with Gasteiger partial charge in [-0.05, 0) is 26.7 Å². The number of aliphatic imine (C=N–C) groups is 1. The number of likely N-dealkylation sites (tertiary alicyclic amines) is 1. The first-order valence-electron chi connectivity index (χ1n) is 8.50. The van der Waals surface area contributed by atoms with Crippen molar-refractivity contribution in [2.75, 3.05) is 26.8 Å². The van der Waals surface area contributed by atoms with Crippen molar-refractivity contribution >= 4 is 36.0 Å². The number of nitrogens with two attached hydrogens (primary N) is 1. The van der Waals surface area contributed by atoms with E-state index in [1.165, 1.54) is 0 Å². The number of ether oxygens (including phenoxy) is 2. The number of carbonyl (C=O) groups excluding carboxylic acids is 1. The quantitative estimate of drug-likeness (QED) is 0.375. The van der Waals surface area contributed by atoms with E-state index < -0.39 is 0 Å². The van der Waals surface area contributed by atoms with Gasteiger partial charge in [0.05, 0.1) is 31.5 Å². The fraction of sp³-hybridized carbons (Fsp3) is 0.688. The van der Waals surface area contributed by atoms with Crippen LogP contribution in [0.3, 0.4) is 0 Å². The molecule has 0 saturated carbocycles. The van der Waals surface area contributed by atoms with E-state index in [1.54, 1.807) is 16.7 Å². The first-order valence-corrected chi connectivity index (χ1v) is 8.50. The van der Waals surface area contributed by atoms with Crippen LogP contribution in [0, 0.1) is 6.92 Å². The summed E-state index contributed by atoms with van der Waals surface area (Å²) in [6.07, 6.45) is 1.37. The van der Waals surface area contributed by atoms with E-state index in [-0.39, 0.29) is 36.1 Å². The van der Waals surface area contributed by atoms with Gasteiger partial charge in [-0.1, -0.05) is 0 Å². The lowest BCUT2D eigenvalue weighted by Gasteiger charge is -2.31. The van der Waals surface area contributed by atoms with Crippen LogP contribution in [0.1, 0.15) is 31.0 Å². The zero-order valence-corrected chi connectivity index (χ0v) is 18.1. The van der Waals surface area contributed by atoms with Gasteiger partial charge >= 0.3 is 6.09 Å². The second-order valence-electron chi connectivity index (χ2n) is 6.00. The lowest BCUT2D eigenvalue weighted by atomic mass is 10.1. The number of hydrogen-bond donors (Lipinski definition) is 2. The van der Waals surface area contributed by atoms with Crippen LogP contribution >= 0.6 is 24.0 Å². The number of methoxy groups -OCH3 is 1. The SMILES string of the molecule is CCOC(=O)N1CCC(NC(N)=NCc2c(C)nn(C)c2OC)CC1.I. The Labute approximate surface area is 171 Å². The molecule has 1 aliphatic heterocycles. The number of carbonyl (C=O) groups is 1. The molecular weight excluding hydrogens is 451 g/mol. The van der Waals surface area contributed by atoms with Crippen molar-refractivity contribution in [3.63, 3.8) is 0 Å². The molecule has 0 unspecified atom stereocenters. The Morgan fingerprint density at radius 2 is 2.08 bits per heavy atom. The molecule has 26 heavy (non-hydrogen) atoms. The molecule has 1 amide bonds. The van der Waals surface area contributed by atoms with Gasteiger partial charge in [0.2, 0.25) is 5.88 Å². The van der Waals surface area contributed by atoms with Gasteiger partial charge in [-0.2, -0.15) is 5.10 Å². The van der Waals surface area contributed by atoms with E-state index in [0.717, 1.165) is 24.1 Å². The Morgan fingerprint density at radius 3 is 2.65 bits per heavy atom. The Bertz CT molecular complexity index is 626. The summed E-state index contributed by atoms with van der Waals surface area (Å²) in [6.45, 7) is 5.83. The van der Waals surface area contributed by atoms with Crippen LogP contribution in [-0.2, 0) is 18.3 Å². The van der Waals surface area contributed by atoms with Crippen LogP contribution in [0.25, 0.3) is 0 Å². The standard InChI is InChI=1S/C16H28N6O3.HI/c1-5-25-16(23)22-8-6-12(7-9-22)19-15(17)18-10-13-11(2)20-21(3)14(13)24-4;/h12H,5-10H2,1-4H3,(H3,17,18,19);1H. The zero-order chi connectivity index (χ0) is 18.4. The van der Waals surface area contributed by atoms with Crippen LogP contribution in [0.5, 0.6) is 5.88 Å². The lowest BCUT2D eigenvalue weighted by molar-refractivity contribution is 0.0963. The van der Waals surface area contributed by atoms with Crippen molar-refractivity contribution in [2.24, 2.45) is 17.8 Å². The number of nitrogens with zero attached hydrogens (tertiary/aromatic N) is 4. The number of amides is 1. The number of rotatable bonds is 5. The molecule has 0 radical (unpaired) electrons. The minimum Gasteiger partial charge on any atom is -0.481 e. The molecule has 0 bridgehead atoms. The van der Waals surface area contributed by atoms with E-state index in [1.807, 2.05) is 20.9 Å². The first kappa shape index (κ1) is 22.3. The molecule has 1 aromatic heterocycles. The molecule has 0 spiro atoms. The Morgan fingerprint density at radius 1 is 1.42 bits per heavy atom. The predicted octanol–water partition coefficient (Wildman–Crippen LogP) is 1.38. The second kappa shape index (κ2) is 10.4. The average molecular weight is 480 g/mol. The third kappa shape index (κ3) is 5.64. The van der Waals surface area contributed by atoms with Crippen molar-refractivity contribution in [2.45, 2.75) is 39.3 Å². The number of piperidine rings is 1. The molecule has 1 aromatic rings. The summed E-state index contributed by atoms with van der Waals surface area (Å²) in [5.41, 5.74) is 7.81. The average Bonchev–Trinajstić information content (AvgIpc) is 2.86. The Kier molecular flexibility index (Phi) is 8.96. The summed E-state index contributed by atoms with van der Waals surface area (Å²) in [4.78, 5) is 17.8. The van der Waals surface area contributed by atoms with Crippen molar-refractivity contribution in [3.05, 3.63) is 11.3 Å². The number of halogens is 1. The topological polar surface area (TPSA) is 107 Å². The van der Waals surface area contributed by atoms with Gasteiger partial charge in [0.25, 0.3) is 0 Å². The van der Waals surface area contributed by atoms with Gasteiger partial charge in [0, 0.05) is 26.2 Å². The molecule has 1 aliphatic rings. The smallest absolute Gasteiger partial charge is 0.409 e. The number of aromatic nitrogens is 2. The fourth-order valence-electron chi connectivity index (χ4n) is 2.96. The highest BCUT2D eigenvalue weighted by atomic mass is 127. The fourth-order valence-corrected chi connectivity index (χ4v) is 2.96. The third-order valence-corrected chi connectivity index (χ3v) is 4.26. The minimum absolute atomic E-state index is 0. The first-order chi connectivity index (χ1) is 12.0. The van der Waals surface area contributed by atoms with Crippen LogP contribution in [0.15, 0.2) is 4.99 Å². The highest BCUT2D eigenvalue weighted by Gasteiger charge is 2.23. The van der Waals surface area contributed by atoms with Gasteiger partial charge in [0.1, 0.15) is 0 Å². The van der Waals surface area contributed by atoms with Crippen molar-refractivity contribution in [1.82, 2.24) is 20.0 Å². The number of nitrogens with one attached hydrogen (secondary N) is 1. The van der Waals surface area contributed by atoms with E-state index in [0.29, 0.717) is 38.1 Å². The number of hydrogen-bond acceptors (Lipinski definition) is 5. The molecule has 3 N–H and O–H groups in total. The molecule has 10 heteroatoms. The van der Waals surface area contributed by atoms with Crippen LogP contribution in [0.2, 0.25) is 0 Å². The zero-order valence-electron chi connectivity index (χ0n) is 15.8. The summed E-state index contributed by atoms with van der Waals surface area (Å²) in [6, 6.07) is 0.200. The molecule has 1 saturated heterocycles. The van der Waals surface area contributed by atoms with Crippen molar-refractivity contribution < 1.29 is 14.3 Å². The molecule has 0 aliphatic carbocycles. The lowest BCUT2D eigenvalue weighted by Crippen LogP contribution is -2.48. The van der Waals surface area contributed by atoms with Gasteiger partial charge in [-0.25, -0.2) is 14.5 Å². The highest BCUT2D eigenvalue weighted by molar-refractivity contribution is 14.0. The number of guanidine groups is 1. The van der Waals surface area contributed by atoms with Gasteiger partial charge < -0.3 is 25.4 Å². The summed E-state index contributed by atoms with van der Waals surface area (Å²) in [7, 11) is 3.45. The second-order valence-corrected chi connectivity index (χ2v) is 6.00. The van der Waals surface area contributed by atoms with Crippen LogP contribution in [0.4, 0.5) is 4.79 Å². The van der Waals surface area contributed by atoms with Crippen LogP contribution in [-0.4, -0.2) is 59.6 Å². The maximum absolute atomic E-state index is 11.7. The molecule has 0 atom stereocenters. The van der Waals surface area contributed by atoms with Crippen LogP contribution < -0.4 is 15.8 Å². The molecule has 2 heterocycles. The highest BCUT2D eigenvalue weighted by Crippen LogP contribution is 2.21. The summed E-state index contributed by atoms with van der Waals surface area (Å²) >= 11 is 0. The third-order valence-electron chi connectivity index (χ3n) is 4.26. The van der Waals surface area contributed by atoms with Gasteiger partial charge in [0.15, 0.2) is 5.96 Å². The monoisotopic (exact) mass is 480 g/mol. The summed E-state index contributed by atoms with van der Waals surface area (Å²) in [5, 5.41) is 7.55.